The minimum absolute atomic E-state index is 0.312. The highest BCUT2D eigenvalue weighted by Gasteiger charge is 2.31. The fourth-order valence-corrected chi connectivity index (χ4v) is 1.61. The Kier molecular flexibility index (Phi) is 5.08. The van der Waals surface area contributed by atoms with Crippen LogP contribution in [-0.4, -0.2) is 17.6 Å². The lowest BCUT2D eigenvalue weighted by Gasteiger charge is -2.06. The van der Waals surface area contributed by atoms with Crippen LogP contribution in [0, 0.1) is 5.21 Å². The summed E-state index contributed by atoms with van der Waals surface area (Å²) in [7, 11) is -6.00. The summed E-state index contributed by atoms with van der Waals surface area (Å²) in [4.78, 5) is 2.02. The molecule has 2 aromatic rings. The van der Waals surface area contributed by atoms with Gasteiger partial charge in [0.25, 0.3) is 5.52 Å². The number of benzene rings is 1. The van der Waals surface area contributed by atoms with E-state index in [1.807, 2.05) is 26.8 Å². The number of hydrogen-bond acceptors (Lipinski definition) is 3. The molecule has 0 aliphatic heterocycles. The zero-order chi connectivity index (χ0) is 16.4. The van der Waals surface area contributed by atoms with Crippen molar-refractivity contribution >= 4 is 34.2 Å². The van der Waals surface area contributed by atoms with Gasteiger partial charge in [-0.05, 0) is 12.1 Å². The summed E-state index contributed by atoms with van der Waals surface area (Å²) in [6.45, 7) is 5.83. The summed E-state index contributed by atoms with van der Waals surface area (Å²) in [6.07, 6.45) is 0. The first-order valence-electron chi connectivity index (χ1n) is 5.75. The molecular formula is C10H12BBrF4N4O. The van der Waals surface area contributed by atoms with E-state index in [2.05, 4.69) is 26.2 Å². The van der Waals surface area contributed by atoms with Crippen molar-refractivity contribution in [2.75, 3.05) is 0 Å². The summed E-state index contributed by atoms with van der Waals surface area (Å²) < 4.78 is 39.8. The first-order chi connectivity index (χ1) is 9.38. The van der Waals surface area contributed by atoms with Gasteiger partial charge < -0.3 is 22.5 Å². The maximum Gasteiger partial charge on any atom is 0.673 e. The largest absolute Gasteiger partial charge is 0.673 e. The molecule has 2 rings (SSSR count). The predicted octanol–water partition coefficient (Wildman–Crippen LogP) is 2.37. The van der Waals surface area contributed by atoms with E-state index in [1.165, 1.54) is 4.80 Å². The Morgan fingerprint density at radius 2 is 1.71 bits per heavy atom. The molecule has 0 N–H and O–H groups in total. The van der Waals surface area contributed by atoms with Crippen molar-refractivity contribution < 1.29 is 26.9 Å². The Balaban J connectivity index is 0.000000383. The second kappa shape index (κ2) is 6.08. The molecule has 116 valence electrons. The van der Waals surface area contributed by atoms with Crippen LogP contribution in [0.25, 0.3) is 11.0 Å². The molecule has 0 saturated heterocycles. The molecule has 0 unspecified atom stereocenters. The Morgan fingerprint density at radius 3 is 2.19 bits per heavy atom. The molecule has 0 saturated carbocycles. The quantitative estimate of drug-likeness (QED) is 0.309. The van der Waals surface area contributed by atoms with Gasteiger partial charge in [0.2, 0.25) is 11.1 Å². The van der Waals surface area contributed by atoms with Crippen molar-refractivity contribution in [1.29, 1.82) is 0 Å². The van der Waals surface area contributed by atoms with Gasteiger partial charge in [-0.15, -0.1) is 0 Å². The Bertz CT molecular complexity index is 641. The van der Waals surface area contributed by atoms with Crippen LogP contribution in [0.15, 0.2) is 22.7 Å². The third-order valence-electron chi connectivity index (χ3n) is 2.11. The fraction of sp³-hybridized carbons (Fsp3) is 0.400. The van der Waals surface area contributed by atoms with Crippen molar-refractivity contribution in [2.24, 2.45) is 0 Å². The molecule has 0 radical (unpaired) electrons. The van der Waals surface area contributed by atoms with Crippen LogP contribution in [-0.2, 0) is 5.54 Å². The Morgan fingerprint density at radius 1 is 1.19 bits per heavy atom. The zero-order valence-corrected chi connectivity index (χ0v) is 13.0. The molecule has 0 fully saturated rings. The van der Waals surface area contributed by atoms with Gasteiger partial charge >= 0.3 is 12.5 Å². The fourth-order valence-electron chi connectivity index (χ4n) is 1.27. The number of halogens is 5. The van der Waals surface area contributed by atoms with Crippen LogP contribution < -0.4 is 9.64 Å². The topological polar surface area (TPSA) is 56.6 Å². The van der Waals surface area contributed by atoms with E-state index in [-0.39, 0.29) is 5.54 Å². The van der Waals surface area contributed by atoms with Crippen LogP contribution in [0.3, 0.4) is 0 Å². The lowest BCUT2D eigenvalue weighted by Crippen LogP contribution is -2.62. The highest BCUT2D eigenvalue weighted by Crippen LogP contribution is 2.14. The zero-order valence-electron chi connectivity index (χ0n) is 11.4. The monoisotopic (exact) mass is 370 g/mol. The van der Waals surface area contributed by atoms with E-state index < -0.39 is 7.25 Å². The number of aromatic nitrogens is 4. The Labute approximate surface area is 126 Å². The molecule has 0 atom stereocenters. The Hall–Kier alpha value is -1.52. The lowest BCUT2D eigenvalue weighted by molar-refractivity contribution is -0.941. The van der Waals surface area contributed by atoms with Crippen molar-refractivity contribution in [3.8, 4) is 0 Å². The minimum atomic E-state index is -6.00. The van der Waals surface area contributed by atoms with E-state index in [0.717, 1.165) is 4.47 Å². The average Bonchev–Trinajstić information content (AvgIpc) is 2.26. The summed E-state index contributed by atoms with van der Waals surface area (Å²) in [6, 6.07) is 5.34. The second-order valence-corrected chi connectivity index (χ2v) is 5.97. The first-order valence-corrected chi connectivity index (χ1v) is 6.55. The van der Waals surface area contributed by atoms with Gasteiger partial charge in [0.1, 0.15) is 0 Å². The molecule has 0 aliphatic rings. The van der Waals surface area contributed by atoms with Gasteiger partial charge in [-0.3, -0.25) is 0 Å². The molecule has 5 nitrogen and oxygen atoms in total. The van der Waals surface area contributed by atoms with Gasteiger partial charge in [0.05, 0.1) is 4.80 Å². The maximum absolute atomic E-state index is 11.7. The smallest absolute Gasteiger partial charge is 0.590 e. The highest BCUT2D eigenvalue weighted by atomic mass is 79.9. The highest BCUT2D eigenvalue weighted by molar-refractivity contribution is 9.10. The average molecular weight is 371 g/mol. The molecular weight excluding hydrogens is 359 g/mol. The minimum Gasteiger partial charge on any atom is -0.590 e. The van der Waals surface area contributed by atoms with Crippen molar-refractivity contribution in [2.45, 2.75) is 26.3 Å². The lowest BCUT2D eigenvalue weighted by atomic mass is 10.1. The maximum atomic E-state index is 11.7. The van der Waals surface area contributed by atoms with Crippen LogP contribution in [0.4, 0.5) is 17.3 Å². The van der Waals surface area contributed by atoms with Crippen molar-refractivity contribution in [3.05, 3.63) is 27.9 Å². The van der Waals surface area contributed by atoms with E-state index in [4.69, 9.17) is 0 Å². The normalized spacial score (nSPS) is 12.0. The number of fused-ring (bicyclic) bond motifs is 1. The third kappa shape index (κ3) is 5.78. The van der Waals surface area contributed by atoms with Crippen LogP contribution in [0.5, 0.6) is 0 Å². The van der Waals surface area contributed by atoms with Crippen LogP contribution >= 0.6 is 15.9 Å². The van der Waals surface area contributed by atoms with Gasteiger partial charge in [0.15, 0.2) is 0 Å². The van der Waals surface area contributed by atoms with Gasteiger partial charge in [0, 0.05) is 41.3 Å². The van der Waals surface area contributed by atoms with Crippen molar-refractivity contribution in [1.82, 2.24) is 10.3 Å². The number of hydrogen-bond donors (Lipinski definition) is 0. The SMILES string of the molecule is CC(C)(C)[n+]1nc2ccc(Br)cc2[n+]([O-])n1.F[B-](F)(F)F. The molecule has 1 aromatic heterocycles. The predicted molar refractivity (Wildman–Crippen MR) is 71.6 cm³/mol. The van der Waals surface area contributed by atoms with Crippen LogP contribution in [0.1, 0.15) is 20.8 Å². The summed E-state index contributed by atoms with van der Waals surface area (Å²) in [5.41, 5.74) is 0.769. The van der Waals surface area contributed by atoms with E-state index in [1.54, 1.807) is 12.1 Å². The molecule has 0 aliphatic carbocycles. The van der Waals surface area contributed by atoms with Gasteiger partial charge in [-0.25, -0.2) is 0 Å². The number of rotatable bonds is 0. The van der Waals surface area contributed by atoms with E-state index in [0.29, 0.717) is 15.9 Å². The molecule has 21 heavy (non-hydrogen) atoms. The molecule has 0 spiro atoms. The molecule has 11 heteroatoms. The molecule has 0 amide bonds. The molecule has 1 aromatic carbocycles. The van der Waals surface area contributed by atoms with E-state index in [9.17, 15) is 22.5 Å². The summed E-state index contributed by atoms with van der Waals surface area (Å²) in [5.74, 6) is 0. The first kappa shape index (κ1) is 17.5. The van der Waals surface area contributed by atoms with E-state index >= 15 is 0 Å². The standard InChI is InChI=1S/C10H12BrN4O.BF4/c1-10(2,3)15-12-8-5-4-7(11)6-9(8)14(16)13-15;2-1(3,4)5/h4-6H,1-3H3;/q+1;-1. The summed E-state index contributed by atoms with van der Waals surface area (Å²) in [5, 5.41) is 19.9. The number of nitrogens with zero attached hydrogens (tertiary/aromatic N) is 4. The van der Waals surface area contributed by atoms with Gasteiger partial charge in [-0.1, -0.05) is 15.9 Å². The van der Waals surface area contributed by atoms with Crippen LogP contribution in [0.2, 0.25) is 0 Å². The molecule has 0 bridgehead atoms. The summed E-state index contributed by atoms with van der Waals surface area (Å²) >= 11 is 3.31. The van der Waals surface area contributed by atoms with Gasteiger partial charge in [-0.2, -0.15) is 0 Å². The molecule has 1 heterocycles. The van der Waals surface area contributed by atoms with Crippen molar-refractivity contribution in [3.63, 3.8) is 0 Å². The third-order valence-corrected chi connectivity index (χ3v) is 2.61. The second-order valence-electron chi connectivity index (χ2n) is 5.05.